The lowest BCUT2D eigenvalue weighted by Gasteiger charge is -2.60. The maximum Gasteiger partial charge on any atom is 0.327 e. The van der Waals surface area contributed by atoms with E-state index < -0.39 is 23.6 Å². The van der Waals surface area contributed by atoms with Gasteiger partial charge in [-0.25, -0.2) is 9.59 Å². The molecular formula is C11H14N4O4. The highest BCUT2D eigenvalue weighted by Crippen LogP contribution is 2.44. The average molecular weight is 266 g/mol. The van der Waals surface area contributed by atoms with Gasteiger partial charge in [0.05, 0.1) is 5.70 Å². The van der Waals surface area contributed by atoms with Gasteiger partial charge in [-0.2, -0.15) is 0 Å². The fourth-order valence-electron chi connectivity index (χ4n) is 2.84. The second-order valence-electron chi connectivity index (χ2n) is 5.21. The van der Waals surface area contributed by atoms with Crippen molar-refractivity contribution in [1.82, 2.24) is 20.4 Å². The summed E-state index contributed by atoms with van der Waals surface area (Å²) in [5, 5.41) is 14.7. The minimum absolute atomic E-state index is 0.125. The number of rotatable bonds is 1. The van der Waals surface area contributed by atoms with E-state index in [-0.39, 0.29) is 12.2 Å². The molecule has 0 aromatic heterocycles. The largest absolute Gasteiger partial charge is 0.378 e. The number of hydrogen-bond acceptors (Lipinski definition) is 4. The van der Waals surface area contributed by atoms with E-state index >= 15 is 0 Å². The van der Waals surface area contributed by atoms with Gasteiger partial charge in [-0.3, -0.25) is 15.0 Å². The molecule has 0 saturated carbocycles. The molecule has 3 rings (SSSR count). The molecule has 0 aromatic carbocycles. The highest BCUT2D eigenvalue weighted by molar-refractivity contribution is 6.03. The quantitative estimate of drug-likeness (QED) is 0.562. The van der Waals surface area contributed by atoms with E-state index in [0.29, 0.717) is 5.70 Å². The first-order valence-corrected chi connectivity index (χ1v) is 5.88. The first-order valence-electron chi connectivity index (χ1n) is 5.88. The number of likely N-dealkylation sites (N-methyl/N-ethyl adjacent to an activating group) is 1. The molecule has 3 heterocycles. The molecule has 0 aliphatic carbocycles. The minimum Gasteiger partial charge on any atom is -0.378 e. The first kappa shape index (κ1) is 12.0. The van der Waals surface area contributed by atoms with E-state index in [2.05, 4.69) is 5.32 Å². The van der Waals surface area contributed by atoms with Crippen LogP contribution < -0.4 is 10.6 Å². The standard InChI is InChI=1S/C11H14N4O4/c1-4-5(15-7(4)14(3)10(15)18)6-11(2,19)8(16)13-9(17)12-6/h6-7,19H,1-3H3,(H2,12,13,16,17)/t6-,7-,11+/m0/s1. The summed E-state index contributed by atoms with van der Waals surface area (Å²) in [4.78, 5) is 37.8. The van der Waals surface area contributed by atoms with Gasteiger partial charge in [0.1, 0.15) is 12.2 Å². The molecule has 102 valence electrons. The number of nitrogens with one attached hydrogen (secondary N) is 2. The third-order valence-electron chi connectivity index (χ3n) is 3.97. The molecule has 8 heteroatoms. The number of carbonyl (C=O) groups is 3. The lowest BCUT2D eigenvalue weighted by atomic mass is 9.82. The van der Waals surface area contributed by atoms with Crippen LogP contribution in [-0.4, -0.2) is 57.7 Å². The Bertz CT molecular complexity index is 553. The van der Waals surface area contributed by atoms with Crippen molar-refractivity contribution in [3.8, 4) is 0 Å². The number of hydrogen-bond donors (Lipinski definition) is 3. The zero-order valence-corrected chi connectivity index (χ0v) is 10.7. The summed E-state index contributed by atoms with van der Waals surface area (Å²) in [6.07, 6.45) is -0.125. The maximum atomic E-state index is 11.7. The Balaban J connectivity index is 1.98. The summed E-state index contributed by atoms with van der Waals surface area (Å²) in [5.74, 6) is -0.772. The van der Waals surface area contributed by atoms with Gasteiger partial charge in [0.25, 0.3) is 5.91 Å². The second-order valence-corrected chi connectivity index (χ2v) is 5.21. The number of amides is 5. The molecule has 3 N–H and O–H groups in total. The van der Waals surface area contributed by atoms with Gasteiger partial charge in [-0.15, -0.1) is 0 Å². The van der Waals surface area contributed by atoms with Crippen molar-refractivity contribution < 1.29 is 19.5 Å². The van der Waals surface area contributed by atoms with Crippen LogP contribution in [0.1, 0.15) is 13.8 Å². The summed E-state index contributed by atoms with van der Waals surface area (Å²) < 4.78 is 0. The predicted octanol–water partition coefficient (Wildman–Crippen LogP) is -1.07. The molecule has 0 unspecified atom stereocenters. The van der Waals surface area contributed by atoms with Crippen LogP contribution in [0.25, 0.3) is 0 Å². The summed E-state index contributed by atoms with van der Waals surface area (Å²) >= 11 is 0. The van der Waals surface area contributed by atoms with Crippen LogP contribution in [0.5, 0.6) is 0 Å². The molecule has 0 spiro atoms. The summed E-state index contributed by atoms with van der Waals surface area (Å²) in [6.45, 7) is 3.13. The fourth-order valence-corrected chi connectivity index (χ4v) is 2.84. The Kier molecular flexibility index (Phi) is 2.06. The lowest BCUT2D eigenvalue weighted by molar-refractivity contribution is -0.142. The Morgan fingerprint density at radius 2 is 1.95 bits per heavy atom. The second kappa shape index (κ2) is 3.27. The molecule has 0 radical (unpaired) electrons. The fraction of sp³-hybridized carbons (Fsp3) is 0.545. The zero-order chi connectivity index (χ0) is 14.1. The molecule has 19 heavy (non-hydrogen) atoms. The normalized spacial score (nSPS) is 37.4. The molecule has 2 fully saturated rings. The predicted molar refractivity (Wildman–Crippen MR) is 62.6 cm³/mol. The van der Waals surface area contributed by atoms with Crippen molar-refractivity contribution in [2.75, 3.05) is 7.05 Å². The van der Waals surface area contributed by atoms with Crippen LogP contribution in [0.2, 0.25) is 0 Å². The number of nitrogens with zero attached hydrogens (tertiary/aromatic N) is 2. The Morgan fingerprint density at radius 3 is 2.58 bits per heavy atom. The van der Waals surface area contributed by atoms with E-state index in [1.54, 1.807) is 11.9 Å². The van der Waals surface area contributed by atoms with E-state index in [4.69, 9.17) is 0 Å². The van der Waals surface area contributed by atoms with Gasteiger partial charge >= 0.3 is 12.1 Å². The number of fused-ring (bicyclic) bond motifs is 1. The molecule has 5 amide bonds. The maximum absolute atomic E-state index is 11.7. The topological polar surface area (TPSA) is 102 Å². The number of carbonyl (C=O) groups excluding carboxylic acids is 3. The number of urea groups is 2. The van der Waals surface area contributed by atoms with E-state index in [1.807, 2.05) is 12.2 Å². The third kappa shape index (κ3) is 1.24. The van der Waals surface area contributed by atoms with Crippen LogP contribution in [0, 0.1) is 0 Å². The van der Waals surface area contributed by atoms with E-state index in [0.717, 1.165) is 5.57 Å². The molecule has 3 aliphatic heterocycles. The average Bonchev–Trinajstić information content (AvgIpc) is 2.32. The van der Waals surface area contributed by atoms with Crippen molar-refractivity contribution >= 4 is 18.0 Å². The van der Waals surface area contributed by atoms with Crippen LogP contribution in [0.4, 0.5) is 9.59 Å². The Morgan fingerprint density at radius 1 is 1.32 bits per heavy atom. The zero-order valence-electron chi connectivity index (χ0n) is 10.7. The van der Waals surface area contributed by atoms with Gasteiger partial charge in [-0.1, -0.05) is 0 Å². The number of aliphatic hydroxyl groups is 1. The van der Waals surface area contributed by atoms with Crippen LogP contribution in [0.15, 0.2) is 11.3 Å². The first-order chi connectivity index (χ1) is 8.76. The Hall–Kier alpha value is -2.09. The van der Waals surface area contributed by atoms with Crippen molar-refractivity contribution in [2.24, 2.45) is 0 Å². The van der Waals surface area contributed by atoms with Crippen molar-refractivity contribution in [3.63, 3.8) is 0 Å². The van der Waals surface area contributed by atoms with E-state index in [9.17, 15) is 19.5 Å². The molecule has 3 aliphatic rings. The molecule has 8 nitrogen and oxygen atoms in total. The van der Waals surface area contributed by atoms with Crippen molar-refractivity contribution in [1.29, 1.82) is 0 Å². The van der Waals surface area contributed by atoms with Gasteiger partial charge < -0.3 is 15.3 Å². The lowest BCUT2D eigenvalue weighted by Crippen LogP contribution is -2.78. The smallest absolute Gasteiger partial charge is 0.327 e. The van der Waals surface area contributed by atoms with Gasteiger partial charge in [0, 0.05) is 7.05 Å². The SMILES string of the molecule is CC1=C([C@@H]2NC(=O)NC(=O)[C@]2(C)O)N2C(=O)N(C)[C@H]12. The van der Waals surface area contributed by atoms with Gasteiger partial charge in [0.2, 0.25) is 0 Å². The molecule has 0 bridgehead atoms. The summed E-state index contributed by atoms with van der Waals surface area (Å²) in [6, 6.07) is -1.80. The van der Waals surface area contributed by atoms with Gasteiger partial charge in [0.15, 0.2) is 5.60 Å². The van der Waals surface area contributed by atoms with Crippen LogP contribution in [-0.2, 0) is 4.79 Å². The van der Waals surface area contributed by atoms with Gasteiger partial charge in [-0.05, 0) is 19.4 Å². The number of imide groups is 1. The Labute approximate surface area is 109 Å². The van der Waals surface area contributed by atoms with Crippen LogP contribution in [0.3, 0.4) is 0 Å². The summed E-state index contributed by atoms with van der Waals surface area (Å²) in [5.41, 5.74) is -0.423. The minimum atomic E-state index is -1.79. The van der Waals surface area contributed by atoms with Crippen molar-refractivity contribution in [2.45, 2.75) is 31.7 Å². The molecule has 2 saturated heterocycles. The molecule has 0 aromatic rings. The molecular weight excluding hydrogens is 252 g/mol. The third-order valence-corrected chi connectivity index (χ3v) is 3.97. The van der Waals surface area contributed by atoms with E-state index in [1.165, 1.54) is 11.8 Å². The highest BCUT2D eigenvalue weighted by atomic mass is 16.3. The molecule has 3 atom stereocenters. The monoisotopic (exact) mass is 266 g/mol. The van der Waals surface area contributed by atoms with Crippen LogP contribution >= 0.6 is 0 Å². The van der Waals surface area contributed by atoms with Crippen molar-refractivity contribution in [3.05, 3.63) is 11.3 Å². The summed E-state index contributed by atoms with van der Waals surface area (Å²) in [7, 11) is 1.67. The highest BCUT2D eigenvalue weighted by Gasteiger charge is 2.60.